The van der Waals surface area contributed by atoms with E-state index in [2.05, 4.69) is 10.1 Å². The van der Waals surface area contributed by atoms with Crippen LogP contribution in [0.1, 0.15) is 29.5 Å². The average Bonchev–Trinajstić information content (AvgIpc) is 2.84. The summed E-state index contributed by atoms with van der Waals surface area (Å²) in [6.45, 7) is 2.91. The highest BCUT2D eigenvalue weighted by Gasteiger charge is 2.10. The van der Waals surface area contributed by atoms with E-state index in [0.29, 0.717) is 17.1 Å². The first-order valence-electron chi connectivity index (χ1n) is 6.10. The number of rotatable bonds is 5. The lowest BCUT2D eigenvalue weighted by atomic mass is 10.2. The number of anilines is 1. The normalized spacial score (nSPS) is 10.4. The van der Waals surface area contributed by atoms with Crippen molar-refractivity contribution in [2.75, 3.05) is 5.73 Å². The van der Waals surface area contributed by atoms with E-state index in [1.807, 2.05) is 6.92 Å². The van der Waals surface area contributed by atoms with E-state index in [4.69, 9.17) is 10.5 Å². The maximum atomic E-state index is 11.8. The van der Waals surface area contributed by atoms with Crippen molar-refractivity contribution < 1.29 is 9.53 Å². The zero-order valence-electron chi connectivity index (χ0n) is 10.7. The number of nitrogens with two attached hydrogens (primary N) is 1. The second-order valence-corrected chi connectivity index (χ2v) is 4.10. The molecule has 0 saturated heterocycles. The zero-order valence-corrected chi connectivity index (χ0v) is 10.7. The molecule has 0 aliphatic carbocycles. The zero-order chi connectivity index (χ0) is 13.7. The third-order valence-electron chi connectivity index (χ3n) is 2.59. The van der Waals surface area contributed by atoms with Gasteiger partial charge in [0.1, 0.15) is 6.33 Å². The van der Waals surface area contributed by atoms with Crippen LogP contribution in [0, 0.1) is 0 Å². The Morgan fingerprint density at radius 1 is 1.47 bits per heavy atom. The molecule has 2 rings (SSSR count). The Morgan fingerprint density at radius 2 is 2.32 bits per heavy atom. The monoisotopic (exact) mass is 260 g/mol. The Hall–Kier alpha value is -2.37. The quantitative estimate of drug-likeness (QED) is 0.652. The number of carbonyl (C=O) groups excluding carboxylic acids is 1. The van der Waals surface area contributed by atoms with Crippen LogP contribution in [0.4, 0.5) is 5.69 Å². The van der Waals surface area contributed by atoms with Crippen molar-refractivity contribution in [2.24, 2.45) is 0 Å². The van der Waals surface area contributed by atoms with Gasteiger partial charge in [0, 0.05) is 12.2 Å². The molecule has 1 aromatic heterocycles. The van der Waals surface area contributed by atoms with Gasteiger partial charge >= 0.3 is 5.97 Å². The number of carbonyl (C=O) groups is 1. The summed E-state index contributed by atoms with van der Waals surface area (Å²) in [6, 6.07) is 6.68. The number of aromatic nitrogens is 3. The molecule has 0 saturated carbocycles. The van der Waals surface area contributed by atoms with Crippen LogP contribution in [0.2, 0.25) is 0 Å². The van der Waals surface area contributed by atoms with Crippen LogP contribution in [0.25, 0.3) is 0 Å². The number of esters is 1. The van der Waals surface area contributed by atoms with Crippen molar-refractivity contribution in [3.05, 3.63) is 42.0 Å². The Kier molecular flexibility index (Phi) is 4.12. The molecule has 6 heteroatoms. The van der Waals surface area contributed by atoms with Crippen molar-refractivity contribution >= 4 is 11.7 Å². The molecule has 100 valence electrons. The maximum absolute atomic E-state index is 11.8. The van der Waals surface area contributed by atoms with Gasteiger partial charge in [-0.25, -0.2) is 14.5 Å². The van der Waals surface area contributed by atoms with E-state index in [1.54, 1.807) is 28.9 Å². The first kappa shape index (κ1) is 13.1. The molecule has 0 aliphatic heterocycles. The molecule has 19 heavy (non-hydrogen) atoms. The lowest BCUT2D eigenvalue weighted by molar-refractivity contribution is 0.0456. The lowest BCUT2D eigenvalue weighted by Gasteiger charge is -2.06. The minimum atomic E-state index is -0.418. The molecule has 0 spiro atoms. The predicted octanol–water partition coefficient (Wildman–Crippen LogP) is 1.63. The van der Waals surface area contributed by atoms with Gasteiger partial charge in [0.25, 0.3) is 0 Å². The summed E-state index contributed by atoms with van der Waals surface area (Å²) in [6.07, 6.45) is 2.40. The van der Waals surface area contributed by atoms with Gasteiger partial charge in [-0.3, -0.25) is 0 Å². The van der Waals surface area contributed by atoms with E-state index < -0.39 is 5.97 Å². The van der Waals surface area contributed by atoms with E-state index >= 15 is 0 Å². The fourth-order valence-corrected chi connectivity index (χ4v) is 1.68. The Morgan fingerprint density at radius 3 is 3.05 bits per heavy atom. The molecule has 0 bridgehead atoms. The molecule has 0 amide bonds. The number of hydrogen-bond acceptors (Lipinski definition) is 5. The average molecular weight is 260 g/mol. The molecule has 0 fully saturated rings. The first-order chi connectivity index (χ1) is 9.20. The highest BCUT2D eigenvalue weighted by atomic mass is 16.5. The Bertz CT molecular complexity index is 565. The van der Waals surface area contributed by atoms with Crippen molar-refractivity contribution in [1.82, 2.24) is 14.8 Å². The molecular formula is C13H16N4O2. The molecule has 6 nitrogen and oxygen atoms in total. The van der Waals surface area contributed by atoms with Crippen LogP contribution < -0.4 is 5.73 Å². The van der Waals surface area contributed by atoms with E-state index in [0.717, 1.165) is 13.0 Å². The molecule has 1 aromatic carbocycles. The third kappa shape index (κ3) is 3.31. The number of aryl methyl sites for hydroxylation is 1. The third-order valence-corrected chi connectivity index (χ3v) is 2.59. The van der Waals surface area contributed by atoms with Gasteiger partial charge in [0.05, 0.1) is 5.56 Å². The van der Waals surface area contributed by atoms with Gasteiger partial charge in [0.15, 0.2) is 12.4 Å². The van der Waals surface area contributed by atoms with Gasteiger partial charge in [-0.15, -0.1) is 0 Å². The molecule has 2 aromatic rings. The molecule has 0 atom stereocenters. The number of nitrogen functional groups attached to an aromatic ring is 1. The highest BCUT2D eigenvalue weighted by Crippen LogP contribution is 2.09. The topological polar surface area (TPSA) is 83.0 Å². The molecule has 0 radical (unpaired) electrons. The summed E-state index contributed by atoms with van der Waals surface area (Å²) in [5.41, 5.74) is 6.58. The van der Waals surface area contributed by atoms with Crippen molar-refractivity contribution in [1.29, 1.82) is 0 Å². The fraction of sp³-hybridized carbons (Fsp3) is 0.308. The van der Waals surface area contributed by atoms with E-state index in [9.17, 15) is 4.79 Å². The van der Waals surface area contributed by atoms with E-state index in [1.165, 1.54) is 6.33 Å². The minimum absolute atomic E-state index is 0.105. The van der Waals surface area contributed by atoms with Crippen LogP contribution in [0.5, 0.6) is 0 Å². The summed E-state index contributed by atoms with van der Waals surface area (Å²) in [4.78, 5) is 15.9. The summed E-state index contributed by atoms with van der Waals surface area (Å²) >= 11 is 0. The summed E-state index contributed by atoms with van der Waals surface area (Å²) in [5.74, 6) is 0.220. The minimum Gasteiger partial charge on any atom is -0.454 e. The number of benzene rings is 1. The number of nitrogens with zero attached hydrogens (tertiary/aromatic N) is 3. The second-order valence-electron chi connectivity index (χ2n) is 4.10. The first-order valence-corrected chi connectivity index (χ1v) is 6.10. The van der Waals surface area contributed by atoms with Crippen LogP contribution in [0.3, 0.4) is 0 Å². The maximum Gasteiger partial charge on any atom is 0.338 e. The fourth-order valence-electron chi connectivity index (χ4n) is 1.68. The predicted molar refractivity (Wildman–Crippen MR) is 70.3 cm³/mol. The summed E-state index contributed by atoms with van der Waals surface area (Å²) in [5, 5.41) is 4.06. The Balaban J connectivity index is 1.98. The molecular weight excluding hydrogens is 244 g/mol. The largest absolute Gasteiger partial charge is 0.454 e. The highest BCUT2D eigenvalue weighted by molar-refractivity contribution is 5.90. The van der Waals surface area contributed by atoms with Crippen LogP contribution in [-0.2, 0) is 17.9 Å². The van der Waals surface area contributed by atoms with Gasteiger partial charge in [0.2, 0.25) is 0 Å². The van der Waals surface area contributed by atoms with Crippen LogP contribution in [0.15, 0.2) is 30.6 Å². The summed E-state index contributed by atoms with van der Waals surface area (Å²) < 4.78 is 6.93. The number of hydrogen-bond donors (Lipinski definition) is 1. The summed E-state index contributed by atoms with van der Waals surface area (Å²) in [7, 11) is 0. The molecule has 2 N–H and O–H groups in total. The Labute approximate surface area is 111 Å². The smallest absolute Gasteiger partial charge is 0.338 e. The van der Waals surface area contributed by atoms with Gasteiger partial charge in [-0.1, -0.05) is 13.0 Å². The van der Waals surface area contributed by atoms with Gasteiger partial charge in [-0.2, -0.15) is 5.10 Å². The van der Waals surface area contributed by atoms with Crippen molar-refractivity contribution in [3.8, 4) is 0 Å². The van der Waals surface area contributed by atoms with Gasteiger partial charge < -0.3 is 10.5 Å². The lowest BCUT2D eigenvalue weighted by Crippen LogP contribution is -2.11. The standard InChI is InChI=1S/C13H16N4O2/c1-2-6-17-12(15-9-16-17)8-19-13(18)10-4-3-5-11(14)7-10/h3-5,7,9H,2,6,8,14H2,1H3. The second kappa shape index (κ2) is 5.99. The SMILES string of the molecule is CCCn1ncnc1COC(=O)c1cccc(N)c1. The molecule has 0 aliphatic rings. The van der Waals surface area contributed by atoms with Crippen molar-refractivity contribution in [3.63, 3.8) is 0 Å². The number of ether oxygens (including phenoxy) is 1. The van der Waals surface area contributed by atoms with Gasteiger partial charge in [-0.05, 0) is 24.6 Å². The van der Waals surface area contributed by atoms with Crippen molar-refractivity contribution in [2.45, 2.75) is 26.5 Å². The van der Waals surface area contributed by atoms with Crippen LogP contribution >= 0.6 is 0 Å². The van der Waals surface area contributed by atoms with E-state index in [-0.39, 0.29) is 6.61 Å². The molecule has 1 heterocycles. The van der Waals surface area contributed by atoms with Crippen LogP contribution in [-0.4, -0.2) is 20.7 Å². The molecule has 0 unspecified atom stereocenters.